The Labute approximate surface area is 234 Å². The fourth-order valence-electron chi connectivity index (χ4n) is 8.33. The van der Waals surface area contributed by atoms with E-state index in [2.05, 4.69) is 120 Å². The summed E-state index contributed by atoms with van der Waals surface area (Å²) in [6.45, 7) is 14.3. The molecule has 0 nitrogen and oxygen atoms in total. The van der Waals surface area contributed by atoms with E-state index in [1.165, 1.54) is 73.2 Å². The molecule has 196 valence electrons. The Hall–Kier alpha value is -3.38. The fourth-order valence-corrected chi connectivity index (χ4v) is 8.33. The van der Waals surface area contributed by atoms with Crippen LogP contribution in [0.4, 0.5) is 0 Å². The monoisotopic (exact) mass is 508 g/mol. The Kier molecular flexibility index (Phi) is 5.41. The minimum Gasteiger partial charge on any atom is -0.0842 e. The van der Waals surface area contributed by atoms with Gasteiger partial charge in [0.05, 0.1) is 0 Å². The lowest BCUT2D eigenvalue weighted by Gasteiger charge is -2.36. The van der Waals surface area contributed by atoms with E-state index in [4.69, 9.17) is 0 Å². The molecule has 3 aromatic carbocycles. The largest absolute Gasteiger partial charge is 0.0842 e. The van der Waals surface area contributed by atoms with Crippen LogP contribution in [0.1, 0.15) is 86.8 Å². The Morgan fingerprint density at radius 3 is 2.23 bits per heavy atom. The highest BCUT2D eigenvalue weighted by atomic mass is 14.5. The van der Waals surface area contributed by atoms with E-state index in [0.717, 1.165) is 19.3 Å². The van der Waals surface area contributed by atoms with E-state index >= 15 is 0 Å². The molecule has 0 aliphatic heterocycles. The normalized spacial score (nSPS) is 24.2. The first-order valence-corrected chi connectivity index (χ1v) is 14.8. The number of benzene rings is 3. The molecule has 4 aliphatic carbocycles. The summed E-state index contributed by atoms with van der Waals surface area (Å²) in [6.07, 6.45) is 16.3. The van der Waals surface area contributed by atoms with Crippen LogP contribution in [0.15, 0.2) is 90.1 Å². The van der Waals surface area contributed by atoms with Crippen molar-refractivity contribution >= 4 is 5.57 Å². The van der Waals surface area contributed by atoms with Gasteiger partial charge in [-0.25, -0.2) is 0 Å². The highest BCUT2D eigenvalue weighted by Gasteiger charge is 2.45. The Bertz CT molecular complexity index is 1660. The summed E-state index contributed by atoms with van der Waals surface area (Å²) in [5.74, 6) is 0.549. The second-order valence-electron chi connectivity index (χ2n) is 13.2. The molecule has 39 heavy (non-hydrogen) atoms. The van der Waals surface area contributed by atoms with Crippen LogP contribution in [-0.2, 0) is 10.8 Å². The minimum atomic E-state index is 0.00259. The van der Waals surface area contributed by atoms with Crippen molar-refractivity contribution < 1.29 is 0 Å². The maximum absolute atomic E-state index is 2.54. The van der Waals surface area contributed by atoms with Crippen molar-refractivity contribution in [3.63, 3.8) is 0 Å². The summed E-state index contributed by atoms with van der Waals surface area (Å²) >= 11 is 0. The van der Waals surface area contributed by atoms with Gasteiger partial charge in [0.15, 0.2) is 0 Å². The van der Waals surface area contributed by atoms with Gasteiger partial charge in [0.25, 0.3) is 0 Å². The Morgan fingerprint density at radius 1 is 0.718 bits per heavy atom. The molecule has 0 saturated heterocycles. The van der Waals surface area contributed by atoms with Crippen LogP contribution in [0.2, 0.25) is 0 Å². The van der Waals surface area contributed by atoms with Crippen LogP contribution in [0.3, 0.4) is 0 Å². The topological polar surface area (TPSA) is 0 Å². The van der Waals surface area contributed by atoms with Crippen molar-refractivity contribution in [3.8, 4) is 22.3 Å². The van der Waals surface area contributed by atoms with Gasteiger partial charge in [-0.1, -0.05) is 98.7 Å². The average molecular weight is 509 g/mol. The van der Waals surface area contributed by atoms with Gasteiger partial charge >= 0.3 is 0 Å². The molecule has 0 amide bonds. The lowest BCUT2D eigenvalue weighted by atomic mass is 9.66. The molecule has 0 radical (unpaired) electrons. The second kappa shape index (κ2) is 8.56. The zero-order valence-corrected chi connectivity index (χ0v) is 24.4. The quantitative estimate of drug-likeness (QED) is 0.323. The van der Waals surface area contributed by atoms with Crippen LogP contribution < -0.4 is 0 Å². The molecular weight excluding hydrogens is 468 g/mol. The molecule has 2 atom stereocenters. The predicted molar refractivity (Wildman–Crippen MR) is 167 cm³/mol. The summed E-state index contributed by atoms with van der Waals surface area (Å²) in [4.78, 5) is 0. The van der Waals surface area contributed by atoms with Crippen LogP contribution >= 0.6 is 0 Å². The van der Waals surface area contributed by atoms with E-state index in [0.29, 0.717) is 5.92 Å². The minimum absolute atomic E-state index is 0.00259. The Balaban J connectivity index is 1.42. The van der Waals surface area contributed by atoms with Crippen molar-refractivity contribution in [2.24, 2.45) is 5.92 Å². The zero-order valence-electron chi connectivity index (χ0n) is 24.4. The molecule has 0 N–H and O–H groups in total. The van der Waals surface area contributed by atoms with E-state index in [9.17, 15) is 0 Å². The summed E-state index contributed by atoms with van der Waals surface area (Å²) in [5.41, 5.74) is 19.1. The standard InChI is InChI=1S/C39H40/c1-24-13-7-8-14-27(19-24)39(6)35-18-12-10-16-29(35)33-23-31(26(3)21-37(33)39)30-22-32-28-15-9-11-17-34(28)38(4,5)36(32)20-25(30)2/h7-10,12-13,15-16,18,20-23,27H,11,14,17,19H2,1-6H3. The van der Waals surface area contributed by atoms with E-state index < -0.39 is 0 Å². The van der Waals surface area contributed by atoms with Crippen molar-refractivity contribution in [1.29, 1.82) is 0 Å². The van der Waals surface area contributed by atoms with Gasteiger partial charge in [-0.05, 0) is 126 Å². The molecule has 0 fully saturated rings. The highest BCUT2D eigenvalue weighted by Crippen LogP contribution is 2.57. The van der Waals surface area contributed by atoms with Gasteiger partial charge < -0.3 is 0 Å². The van der Waals surface area contributed by atoms with Gasteiger partial charge in [-0.15, -0.1) is 0 Å². The van der Waals surface area contributed by atoms with Crippen molar-refractivity contribution in [3.05, 3.63) is 123 Å². The molecule has 0 aromatic heterocycles. The zero-order chi connectivity index (χ0) is 27.1. The second-order valence-corrected chi connectivity index (χ2v) is 13.2. The predicted octanol–water partition coefficient (Wildman–Crippen LogP) is 10.6. The molecule has 0 spiro atoms. The molecule has 0 saturated carbocycles. The molecule has 0 bridgehead atoms. The number of aryl methyl sites for hydroxylation is 2. The van der Waals surface area contributed by atoms with Crippen LogP contribution in [0.25, 0.3) is 27.8 Å². The smallest absolute Gasteiger partial charge is 0.0221 e. The van der Waals surface area contributed by atoms with Crippen molar-refractivity contribution in [2.75, 3.05) is 0 Å². The molecular formula is C39H40. The van der Waals surface area contributed by atoms with Crippen LogP contribution in [-0.4, -0.2) is 0 Å². The van der Waals surface area contributed by atoms with Crippen LogP contribution in [0, 0.1) is 19.8 Å². The third-order valence-corrected chi connectivity index (χ3v) is 10.6. The fraction of sp³-hybridized carbons (Fsp3) is 0.333. The first-order valence-electron chi connectivity index (χ1n) is 14.8. The molecule has 2 unspecified atom stereocenters. The first-order chi connectivity index (χ1) is 18.7. The van der Waals surface area contributed by atoms with Crippen molar-refractivity contribution in [2.45, 2.75) is 78.1 Å². The number of allylic oxidation sites excluding steroid dienone is 8. The molecule has 3 aromatic rings. The molecule has 0 heteroatoms. The number of fused-ring (bicyclic) bond motifs is 5. The lowest BCUT2D eigenvalue weighted by molar-refractivity contribution is 0.352. The SMILES string of the molecule is CC1=CC=CCC(C2(C)c3ccccc3-c3cc(-c4cc5c(cc4C)C(C)(C)C4=C5C=CCC4)c(C)cc32)C1. The maximum atomic E-state index is 2.54. The van der Waals surface area contributed by atoms with Gasteiger partial charge in [0.2, 0.25) is 0 Å². The number of rotatable bonds is 2. The van der Waals surface area contributed by atoms with Gasteiger partial charge in [-0.3, -0.25) is 0 Å². The third kappa shape index (κ3) is 3.43. The van der Waals surface area contributed by atoms with E-state index in [1.54, 1.807) is 5.57 Å². The summed E-state index contributed by atoms with van der Waals surface area (Å²) in [7, 11) is 0. The lowest BCUT2D eigenvalue weighted by Crippen LogP contribution is -2.31. The van der Waals surface area contributed by atoms with Crippen molar-refractivity contribution in [1.82, 2.24) is 0 Å². The third-order valence-electron chi connectivity index (χ3n) is 10.6. The van der Waals surface area contributed by atoms with E-state index in [-0.39, 0.29) is 10.8 Å². The van der Waals surface area contributed by atoms with Gasteiger partial charge in [-0.2, -0.15) is 0 Å². The number of hydrogen-bond acceptors (Lipinski definition) is 0. The highest BCUT2D eigenvalue weighted by molar-refractivity contribution is 5.91. The average Bonchev–Trinajstić information content (AvgIpc) is 3.16. The summed E-state index contributed by atoms with van der Waals surface area (Å²) < 4.78 is 0. The maximum Gasteiger partial charge on any atom is 0.0221 e. The van der Waals surface area contributed by atoms with E-state index in [1.807, 2.05) is 0 Å². The van der Waals surface area contributed by atoms with Crippen LogP contribution in [0.5, 0.6) is 0 Å². The molecule has 0 heterocycles. The van der Waals surface area contributed by atoms with Gasteiger partial charge in [0.1, 0.15) is 0 Å². The summed E-state index contributed by atoms with van der Waals surface area (Å²) in [5, 5.41) is 0. The van der Waals surface area contributed by atoms with Gasteiger partial charge in [0, 0.05) is 10.8 Å². The summed E-state index contributed by atoms with van der Waals surface area (Å²) in [6, 6.07) is 19.3. The molecule has 4 aliphatic rings. The molecule has 7 rings (SSSR count). The number of hydrogen-bond donors (Lipinski definition) is 0. The Morgan fingerprint density at radius 2 is 1.44 bits per heavy atom. The first kappa shape index (κ1) is 24.6.